The molecule has 6 rings (SSSR count). The molecule has 0 bridgehead atoms. The topological polar surface area (TPSA) is 72.4 Å². The van der Waals surface area contributed by atoms with Gasteiger partial charge >= 0.3 is 24.4 Å². The van der Waals surface area contributed by atoms with Gasteiger partial charge in [0, 0.05) is 17.7 Å². The Hall–Kier alpha value is -4.49. The van der Waals surface area contributed by atoms with Crippen LogP contribution in [0, 0.1) is 5.82 Å². The largest absolute Gasteiger partial charge is 0.586 e. The van der Waals surface area contributed by atoms with E-state index in [2.05, 4.69) is 24.6 Å². The summed E-state index contributed by atoms with van der Waals surface area (Å²) in [5.74, 6) is -7.28. The number of hydrogen-bond acceptors (Lipinski definition) is 5. The van der Waals surface area contributed by atoms with Gasteiger partial charge < -0.3 is 19.5 Å². The van der Waals surface area contributed by atoms with E-state index in [1.165, 1.54) is 24.3 Å². The van der Waals surface area contributed by atoms with Gasteiger partial charge in [0.05, 0.1) is 17.8 Å². The fourth-order valence-electron chi connectivity index (χ4n) is 4.44. The maximum absolute atomic E-state index is 14.3. The first kappa shape index (κ1) is 24.8. The van der Waals surface area contributed by atoms with Crippen molar-refractivity contribution in [1.29, 1.82) is 0 Å². The molecule has 1 unspecified atom stereocenters. The van der Waals surface area contributed by atoms with Crippen LogP contribution in [0.5, 0.6) is 17.2 Å². The minimum absolute atomic E-state index is 0.0542. The lowest BCUT2D eigenvalue weighted by Gasteiger charge is -2.18. The quantitative estimate of drug-likeness (QED) is 0.389. The number of rotatable bonds is 3. The number of nitrogens with one attached hydrogen (secondary N) is 1. The summed E-state index contributed by atoms with van der Waals surface area (Å²) in [4.78, 5) is 13.0. The van der Waals surface area contributed by atoms with E-state index in [4.69, 9.17) is 0 Å². The molecule has 1 atom stereocenters. The molecular weight excluding hydrogens is 539 g/mol. The summed E-state index contributed by atoms with van der Waals surface area (Å²) in [5.41, 5.74) is -0.333. The highest BCUT2D eigenvalue weighted by Crippen LogP contribution is 2.54. The Bertz CT molecular complexity index is 1530. The second-order valence-electron chi connectivity index (χ2n) is 8.83. The van der Waals surface area contributed by atoms with Crippen molar-refractivity contribution in [2.45, 2.75) is 24.2 Å². The maximum atomic E-state index is 14.3. The van der Waals surface area contributed by atoms with Gasteiger partial charge in [-0.05, 0) is 47.5 Å². The molecule has 202 valence electrons. The Labute approximate surface area is 214 Å². The first-order valence-corrected chi connectivity index (χ1v) is 11.2. The zero-order valence-corrected chi connectivity index (χ0v) is 19.2. The van der Waals surface area contributed by atoms with Crippen LogP contribution in [0.15, 0.2) is 65.8 Å². The SMILES string of the molecule is O=C(Nc1ccc2c(c1)OC(F)(F)O2)N1CC(c2ccc3c(c2)C(F)(F)C(F)(F)O3)C(c2ccc(F)cc2)=N1. The van der Waals surface area contributed by atoms with Crippen molar-refractivity contribution < 1.29 is 49.7 Å². The van der Waals surface area contributed by atoms with Crippen LogP contribution >= 0.6 is 0 Å². The fraction of sp³-hybridized carbons (Fsp3) is 0.200. The molecular formula is C25H14F7N3O4. The highest BCUT2D eigenvalue weighted by molar-refractivity contribution is 6.08. The molecule has 3 aliphatic heterocycles. The third kappa shape index (κ3) is 4.15. The lowest BCUT2D eigenvalue weighted by Crippen LogP contribution is -2.37. The van der Waals surface area contributed by atoms with Crippen LogP contribution in [-0.4, -0.2) is 35.7 Å². The molecule has 2 amide bonds. The van der Waals surface area contributed by atoms with Crippen molar-refractivity contribution in [3.8, 4) is 17.2 Å². The van der Waals surface area contributed by atoms with E-state index < -0.39 is 47.4 Å². The Morgan fingerprint density at radius 2 is 1.56 bits per heavy atom. The van der Waals surface area contributed by atoms with E-state index in [0.717, 1.165) is 41.4 Å². The van der Waals surface area contributed by atoms with Gasteiger partial charge in [0.15, 0.2) is 11.5 Å². The Kier molecular flexibility index (Phi) is 5.25. The summed E-state index contributed by atoms with van der Waals surface area (Å²) in [6, 6.07) is 10.8. The average molecular weight is 553 g/mol. The highest BCUT2D eigenvalue weighted by atomic mass is 19.3. The maximum Gasteiger partial charge on any atom is 0.586 e. The van der Waals surface area contributed by atoms with E-state index in [0.29, 0.717) is 5.56 Å². The predicted octanol–water partition coefficient (Wildman–Crippen LogP) is 6.26. The number of carbonyl (C=O) groups excluding carboxylic acids is 1. The average Bonchev–Trinajstić information content (AvgIpc) is 3.49. The lowest BCUT2D eigenvalue weighted by molar-refractivity contribution is -0.296. The summed E-state index contributed by atoms with van der Waals surface area (Å²) < 4.78 is 109. The zero-order chi connectivity index (χ0) is 27.7. The van der Waals surface area contributed by atoms with Crippen LogP contribution in [0.4, 0.5) is 41.2 Å². The van der Waals surface area contributed by atoms with Gasteiger partial charge in [-0.25, -0.2) is 14.2 Å². The van der Waals surface area contributed by atoms with Crippen molar-refractivity contribution in [2.24, 2.45) is 5.10 Å². The number of halogens is 7. The monoisotopic (exact) mass is 553 g/mol. The number of anilines is 1. The molecule has 0 aliphatic carbocycles. The number of nitrogens with zero attached hydrogens (tertiary/aromatic N) is 2. The normalized spacial score (nSPS) is 21.3. The van der Waals surface area contributed by atoms with Gasteiger partial charge in [-0.2, -0.15) is 22.7 Å². The van der Waals surface area contributed by atoms with Crippen molar-refractivity contribution in [2.75, 3.05) is 11.9 Å². The number of hydrogen-bond donors (Lipinski definition) is 1. The molecule has 39 heavy (non-hydrogen) atoms. The van der Waals surface area contributed by atoms with Crippen molar-refractivity contribution in [3.05, 3.63) is 83.2 Å². The molecule has 3 aliphatic rings. The van der Waals surface area contributed by atoms with Crippen LogP contribution in [0.1, 0.15) is 22.6 Å². The second kappa shape index (κ2) is 8.25. The standard InChI is InChI=1S/C25H14F7N3O4/c26-14-4-1-12(2-5-14)21-16(13-3-7-18-17(9-13)23(27,28)24(29,30)37-18)11-35(34-21)22(36)33-15-6-8-19-20(10-15)39-25(31,32)38-19/h1-10,16H,11H2,(H,33,36). The number of fused-ring (bicyclic) bond motifs is 2. The zero-order valence-electron chi connectivity index (χ0n) is 19.2. The fourth-order valence-corrected chi connectivity index (χ4v) is 4.44. The molecule has 0 aromatic heterocycles. The molecule has 1 N–H and O–H groups in total. The predicted molar refractivity (Wildman–Crippen MR) is 120 cm³/mol. The molecule has 7 nitrogen and oxygen atoms in total. The number of ether oxygens (including phenoxy) is 3. The van der Waals surface area contributed by atoms with Crippen molar-refractivity contribution >= 4 is 17.4 Å². The first-order chi connectivity index (χ1) is 18.3. The third-order valence-electron chi connectivity index (χ3n) is 6.29. The summed E-state index contributed by atoms with van der Waals surface area (Å²) in [5, 5.41) is 7.67. The second-order valence-corrected chi connectivity index (χ2v) is 8.83. The molecule has 14 heteroatoms. The molecule has 3 aromatic carbocycles. The Morgan fingerprint density at radius 3 is 2.31 bits per heavy atom. The van der Waals surface area contributed by atoms with Crippen LogP contribution in [0.3, 0.4) is 0 Å². The van der Waals surface area contributed by atoms with E-state index in [1.54, 1.807) is 0 Å². The third-order valence-corrected chi connectivity index (χ3v) is 6.29. The number of carbonyl (C=O) groups is 1. The minimum Gasteiger partial charge on any atom is -0.427 e. The molecule has 3 heterocycles. The Balaban J connectivity index is 1.31. The molecule has 0 radical (unpaired) electrons. The van der Waals surface area contributed by atoms with E-state index >= 15 is 0 Å². The Morgan fingerprint density at radius 1 is 0.872 bits per heavy atom. The number of alkyl halides is 6. The number of benzene rings is 3. The number of urea groups is 1. The van der Waals surface area contributed by atoms with Gasteiger partial charge in [0.1, 0.15) is 11.6 Å². The van der Waals surface area contributed by atoms with E-state index in [9.17, 15) is 35.5 Å². The van der Waals surface area contributed by atoms with Gasteiger partial charge in [-0.1, -0.05) is 18.2 Å². The molecule has 3 aromatic rings. The van der Waals surface area contributed by atoms with Gasteiger partial charge in [-0.15, -0.1) is 8.78 Å². The smallest absolute Gasteiger partial charge is 0.427 e. The van der Waals surface area contributed by atoms with E-state index in [-0.39, 0.29) is 35.0 Å². The summed E-state index contributed by atoms with van der Waals surface area (Å²) in [7, 11) is 0. The van der Waals surface area contributed by atoms with Crippen molar-refractivity contribution in [1.82, 2.24) is 5.01 Å². The minimum atomic E-state index is -4.74. The molecule has 0 spiro atoms. The van der Waals surface area contributed by atoms with Gasteiger partial charge in [-0.3, -0.25) is 0 Å². The van der Waals surface area contributed by atoms with Gasteiger partial charge in [0.25, 0.3) is 0 Å². The molecule has 0 saturated carbocycles. The summed E-state index contributed by atoms with van der Waals surface area (Å²) in [6.45, 7) is -0.219. The molecule has 0 fully saturated rings. The first-order valence-electron chi connectivity index (χ1n) is 11.2. The van der Waals surface area contributed by atoms with E-state index in [1.807, 2.05) is 0 Å². The van der Waals surface area contributed by atoms with Crippen LogP contribution in [0.25, 0.3) is 0 Å². The van der Waals surface area contributed by atoms with Crippen LogP contribution in [-0.2, 0) is 5.92 Å². The lowest BCUT2D eigenvalue weighted by atomic mass is 9.89. The number of hydrazone groups is 1. The van der Waals surface area contributed by atoms with Crippen molar-refractivity contribution in [3.63, 3.8) is 0 Å². The van der Waals surface area contributed by atoms with Gasteiger partial charge in [0.2, 0.25) is 0 Å². The molecule has 0 saturated heterocycles. The van der Waals surface area contributed by atoms with Crippen LogP contribution in [0.2, 0.25) is 0 Å². The summed E-state index contributed by atoms with van der Waals surface area (Å²) >= 11 is 0. The summed E-state index contributed by atoms with van der Waals surface area (Å²) in [6.07, 6.45) is -8.60. The number of amides is 2. The van der Waals surface area contributed by atoms with Crippen LogP contribution < -0.4 is 19.5 Å². The highest BCUT2D eigenvalue weighted by Gasteiger charge is 2.66.